The van der Waals surface area contributed by atoms with Gasteiger partial charge in [-0.2, -0.15) is 0 Å². The zero-order chi connectivity index (χ0) is 19.8. The zero-order valence-corrected chi connectivity index (χ0v) is 17.2. The molecule has 2 aromatic carbocycles. The van der Waals surface area contributed by atoms with Gasteiger partial charge in [0.2, 0.25) is 5.91 Å². The number of aryl methyl sites for hydroxylation is 1. The van der Waals surface area contributed by atoms with E-state index in [2.05, 4.69) is 65.3 Å². The molecule has 4 atom stereocenters. The Morgan fingerprint density at radius 3 is 2.90 bits per heavy atom. The van der Waals surface area contributed by atoms with Crippen LogP contribution in [0.4, 0.5) is 0 Å². The van der Waals surface area contributed by atoms with Crippen molar-refractivity contribution in [3.63, 3.8) is 0 Å². The van der Waals surface area contributed by atoms with Gasteiger partial charge in [-0.25, -0.2) is 0 Å². The van der Waals surface area contributed by atoms with Crippen molar-refractivity contribution >= 4 is 5.91 Å². The highest BCUT2D eigenvalue weighted by Crippen LogP contribution is 2.32. The van der Waals surface area contributed by atoms with Crippen LogP contribution in [-0.4, -0.2) is 24.5 Å². The molecule has 1 aliphatic carbocycles. The van der Waals surface area contributed by atoms with Gasteiger partial charge in [-0.3, -0.25) is 4.79 Å². The van der Waals surface area contributed by atoms with E-state index in [0.717, 1.165) is 45.2 Å². The molecule has 3 aliphatic rings. The number of benzene rings is 2. The van der Waals surface area contributed by atoms with Crippen molar-refractivity contribution in [2.24, 2.45) is 0 Å². The normalized spacial score (nSPS) is 28.4. The first-order valence-corrected chi connectivity index (χ1v) is 11.1. The van der Waals surface area contributed by atoms with E-state index >= 15 is 0 Å². The van der Waals surface area contributed by atoms with E-state index in [-0.39, 0.29) is 18.0 Å². The molecule has 0 bridgehead atoms. The Balaban J connectivity index is 1.24. The third-order valence-corrected chi connectivity index (χ3v) is 7.00. The number of nitrogens with one attached hydrogen (secondary N) is 3. The zero-order valence-electron chi connectivity index (χ0n) is 17.2. The van der Waals surface area contributed by atoms with E-state index in [1.54, 1.807) is 0 Å². The lowest BCUT2D eigenvalue weighted by molar-refractivity contribution is -0.123. The van der Waals surface area contributed by atoms with Gasteiger partial charge < -0.3 is 16.0 Å². The number of carbonyl (C=O) groups is 1. The van der Waals surface area contributed by atoms with Crippen LogP contribution in [0.5, 0.6) is 0 Å². The molecule has 1 saturated heterocycles. The van der Waals surface area contributed by atoms with E-state index < -0.39 is 0 Å². The van der Waals surface area contributed by atoms with Gasteiger partial charge in [0.25, 0.3) is 0 Å². The average molecular weight is 390 g/mol. The smallest absolute Gasteiger partial charge is 0.237 e. The monoisotopic (exact) mass is 389 g/mol. The minimum atomic E-state index is -0.0942. The van der Waals surface area contributed by atoms with E-state index in [1.165, 1.54) is 27.8 Å². The Morgan fingerprint density at radius 1 is 1.07 bits per heavy atom. The molecular formula is C25H31N3O. The van der Waals surface area contributed by atoms with Crippen LogP contribution in [0.2, 0.25) is 0 Å². The minimum Gasteiger partial charge on any atom is -0.348 e. The van der Waals surface area contributed by atoms with Crippen molar-refractivity contribution in [2.45, 2.75) is 69.6 Å². The lowest BCUT2D eigenvalue weighted by atomic mass is 9.87. The average Bonchev–Trinajstić information content (AvgIpc) is 3.24. The molecule has 29 heavy (non-hydrogen) atoms. The van der Waals surface area contributed by atoms with E-state index in [9.17, 15) is 4.79 Å². The minimum absolute atomic E-state index is 0.0942. The summed E-state index contributed by atoms with van der Waals surface area (Å²) in [6.07, 6.45) is 5.28. The number of carbonyl (C=O) groups excluding carboxylic acids is 1. The molecule has 0 spiro atoms. The Hall–Kier alpha value is -2.17. The van der Waals surface area contributed by atoms with Gasteiger partial charge >= 0.3 is 0 Å². The van der Waals surface area contributed by atoms with Crippen molar-refractivity contribution < 1.29 is 4.79 Å². The van der Waals surface area contributed by atoms with Crippen molar-refractivity contribution in [3.05, 3.63) is 70.3 Å². The lowest BCUT2D eigenvalue weighted by Crippen LogP contribution is -2.42. The summed E-state index contributed by atoms with van der Waals surface area (Å²) in [5.74, 6) is 0.566. The summed E-state index contributed by atoms with van der Waals surface area (Å²) in [6.45, 7) is 4.07. The highest BCUT2D eigenvalue weighted by Gasteiger charge is 2.32. The van der Waals surface area contributed by atoms with Crippen LogP contribution in [-0.2, 0) is 24.2 Å². The number of amides is 1. The van der Waals surface area contributed by atoms with Gasteiger partial charge in [0.05, 0.1) is 12.1 Å². The summed E-state index contributed by atoms with van der Waals surface area (Å²) in [5.41, 5.74) is 6.95. The molecule has 1 amide bonds. The van der Waals surface area contributed by atoms with E-state index in [1.807, 2.05) is 0 Å². The standard InChI is InChI=1S/C25H31N3O/c1-16-11-18-9-10-19(12-20(18)14-26-16)21-13-24(27-15-21)25(29)28-23-8-4-6-17-5-2-3-7-22(17)23/h2-3,5,7,9-10,12,16,21,23-24,26-27H,4,6,8,11,13-15H2,1H3,(H,28,29)/t16-,21+,23-,24+/m1/s1. The molecule has 0 saturated carbocycles. The first-order valence-electron chi connectivity index (χ1n) is 11.1. The van der Waals surface area contributed by atoms with Gasteiger partial charge in [-0.05, 0) is 72.8 Å². The molecule has 152 valence electrons. The topological polar surface area (TPSA) is 53.2 Å². The molecule has 2 heterocycles. The molecule has 0 unspecified atom stereocenters. The third kappa shape index (κ3) is 3.84. The van der Waals surface area contributed by atoms with E-state index in [4.69, 9.17) is 0 Å². The van der Waals surface area contributed by atoms with Crippen molar-refractivity contribution in [3.8, 4) is 0 Å². The molecule has 2 aromatic rings. The number of hydrogen-bond acceptors (Lipinski definition) is 3. The summed E-state index contributed by atoms with van der Waals surface area (Å²) in [5, 5.41) is 10.4. The highest BCUT2D eigenvalue weighted by molar-refractivity contribution is 5.82. The maximum absolute atomic E-state index is 13.0. The SMILES string of the molecule is C[C@@H]1Cc2ccc([C@@H]3CN[C@H](C(=O)N[C@@H]4CCCc5ccccc54)C3)cc2CN1. The number of rotatable bonds is 3. The van der Waals surface area contributed by atoms with Crippen LogP contribution >= 0.6 is 0 Å². The molecule has 1 fully saturated rings. The fourth-order valence-corrected chi connectivity index (χ4v) is 5.32. The summed E-state index contributed by atoms with van der Waals surface area (Å²) in [4.78, 5) is 13.0. The fourth-order valence-electron chi connectivity index (χ4n) is 5.32. The quantitative estimate of drug-likeness (QED) is 0.755. The summed E-state index contributed by atoms with van der Waals surface area (Å²) < 4.78 is 0. The summed E-state index contributed by atoms with van der Waals surface area (Å²) >= 11 is 0. The second-order valence-electron chi connectivity index (χ2n) is 9.06. The Kier molecular flexibility index (Phi) is 5.15. The van der Waals surface area contributed by atoms with Gasteiger partial charge in [0.1, 0.15) is 0 Å². The Labute approximate surface area is 173 Å². The van der Waals surface area contributed by atoms with Crippen LogP contribution in [0.1, 0.15) is 66.0 Å². The van der Waals surface area contributed by atoms with Crippen molar-refractivity contribution in [1.82, 2.24) is 16.0 Å². The van der Waals surface area contributed by atoms with Crippen LogP contribution in [0.25, 0.3) is 0 Å². The molecule has 0 aromatic heterocycles. The fraction of sp³-hybridized carbons (Fsp3) is 0.480. The van der Waals surface area contributed by atoms with Gasteiger partial charge in [-0.15, -0.1) is 0 Å². The molecule has 5 rings (SSSR count). The Bertz CT molecular complexity index is 909. The van der Waals surface area contributed by atoms with Crippen molar-refractivity contribution in [2.75, 3.05) is 6.54 Å². The largest absolute Gasteiger partial charge is 0.348 e. The summed E-state index contributed by atoms with van der Waals surface area (Å²) in [7, 11) is 0. The molecule has 3 N–H and O–H groups in total. The molecule has 4 heteroatoms. The second-order valence-corrected chi connectivity index (χ2v) is 9.06. The van der Waals surface area contributed by atoms with Crippen molar-refractivity contribution in [1.29, 1.82) is 0 Å². The van der Waals surface area contributed by atoms with Gasteiger partial charge in [0, 0.05) is 19.1 Å². The Morgan fingerprint density at radius 2 is 1.97 bits per heavy atom. The first-order chi connectivity index (χ1) is 14.2. The number of fused-ring (bicyclic) bond motifs is 2. The molecule has 4 nitrogen and oxygen atoms in total. The molecular weight excluding hydrogens is 358 g/mol. The maximum atomic E-state index is 13.0. The predicted octanol–water partition coefficient (Wildman–Crippen LogP) is 3.36. The van der Waals surface area contributed by atoms with Crippen LogP contribution in [0.3, 0.4) is 0 Å². The summed E-state index contributed by atoms with van der Waals surface area (Å²) in [6, 6.07) is 16.1. The van der Waals surface area contributed by atoms with Crippen LogP contribution < -0.4 is 16.0 Å². The highest BCUT2D eigenvalue weighted by atomic mass is 16.2. The van der Waals surface area contributed by atoms with Crippen LogP contribution in [0.15, 0.2) is 42.5 Å². The third-order valence-electron chi connectivity index (χ3n) is 7.00. The number of hydrogen-bond donors (Lipinski definition) is 3. The first kappa shape index (κ1) is 18.8. The van der Waals surface area contributed by atoms with Gasteiger partial charge in [-0.1, -0.05) is 42.5 Å². The van der Waals surface area contributed by atoms with Gasteiger partial charge in [0.15, 0.2) is 0 Å². The van der Waals surface area contributed by atoms with Crippen LogP contribution in [0, 0.1) is 0 Å². The van der Waals surface area contributed by atoms with E-state index in [0.29, 0.717) is 12.0 Å². The predicted molar refractivity (Wildman–Crippen MR) is 116 cm³/mol. The molecule has 2 aliphatic heterocycles. The second kappa shape index (κ2) is 7.92. The molecule has 0 radical (unpaired) electrons. The lowest BCUT2D eigenvalue weighted by Gasteiger charge is -2.27. The maximum Gasteiger partial charge on any atom is 0.237 e.